The summed E-state index contributed by atoms with van der Waals surface area (Å²) < 4.78 is 71.1. The number of aliphatic imine (C=N–C) groups is 1. The first kappa shape index (κ1) is 33.9. The number of rotatable bonds is 11. The van der Waals surface area contributed by atoms with Crippen molar-refractivity contribution in [2.75, 3.05) is 33.6 Å². The predicted octanol–water partition coefficient (Wildman–Crippen LogP) is 3.99. The van der Waals surface area contributed by atoms with Gasteiger partial charge >= 0.3 is 11.9 Å². The van der Waals surface area contributed by atoms with Crippen molar-refractivity contribution < 1.29 is 41.0 Å². The first-order valence-electron chi connectivity index (χ1n) is 13.7. The van der Waals surface area contributed by atoms with Crippen LogP contribution in [0.5, 0.6) is 0 Å². The lowest BCUT2D eigenvalue weighted by Gasteiger charge is -2.39. The minimum Gasteiger partial charge on any atom is -0.466 e. The van der Waals surface area contributed by atoms with E-state index in [1.807, 2.05) is 0 Å². The fourth-order valence-electron chi connectivity index (χ4n) is 5.60. The van der Waals surface area contributed by atoms with Crippen LogP contribution in [0.1, 0.15) is 49.2 Å². The molecule has 1 aromatic heterocycles. The second kappa shape index (κ2) is 14.4. The number of benzene rings is 1. The average Bonchev–Trinajstić information content (AvgIpc) is 3.52. The molecule has 1 aromatic carbocycles. The number of sulfonamides is 1. The van der Waals surface area contributed by atoms with Crippen LogP contribution in [0.15, 0.2) is 40.0 Å². The summed E-state index contributed by atoms with van der Waals surface area (Å²) >= 11 is 7.54. The summed E-state index contributed by atoms with van der Waals surface area (Å²) in [6.45, 7) is 1.19. The third-order valence-electron chi connectivity index (χ3n) is 7.48. The molecule has 1 unspecified atom stereocenters. The second-order valence-electron chi connectivity index (χ2n) is 10.5. The van der Waals surface area contributed by atoms with Crippen LogP contribution in [-0.4, -0.2) is 81.3 Å². The summed E-state index contributed by atoms with van der Waals surface area (Å²) in [5.41, 5.74) is 0.620. The lowest BCUT2D eigenvalue weighted by atomic mass is 9.80. The molecule has 16 heteroatoms. The number of halogens is 3. The van der Waals surface area contributed by atoms with E-state index in [4.69, 9.17) is 25.8 Å². The highest BCUT2D eigenvalue weighted by Crippen LogP contribution is 2.42. The third kappa shape index (κ3) is 7.62. The van der Waals surface area contributed by atoms with Gasteiger partial charge in [0.25, 0.3) is 0 Å². The quantitative estimate of drug-likeness (QED) is 0.277. The maximum atomic E-state index is 14.6. The van der Waals surface area contributed by atoms with Crippen molar-refractivity contribution in [3.05, 3.63) is 62.2 Å². The van der Waals surface area contributed by atoms with Gasteiger partial charge in [-0.25, -0.2) is 27.0 Å². The van der Waals surface area contributed by atoms with E-state index in [9.17, 15) is 26.8 Å². The second-order valence-corrected chi connectivity index (χ2v) is 13.7. The zero-order valence-electron chi connectivity index (χ0n) is 24.5. The van der Waals surface area contributed by atoms with Crippen molar-refractivity contribution in [3.8, 4) is 0 Å². The van der Waals surface area contributed by atoms with Gasteiger partial charge in [0.1, 0.15) is 12.1 Å². The minimum atomic E-state index is -3.70. The van der Waals surface area contributed by atoms with E-state index in [-0.39, 0.29) is 30.2 Å². The van der Waals surface area contributed by atoms with Gasteiger partial charge in [0.05, 0.1) is 37.1 Å². The fourth-order valence-corrected chi connectivity index (χ4v) is 7.63. The number of amidine groups is 1. The molecule has 1 aliphatic heterocycles. The van der Waals surface area contributed by atoms with Gasteiger partial charge in [0.2, 0.25) is 10.0 Å². The number of nitrogens with zero attached hydrogens (tertiary/aromatic N) is 3. The molecular formula is C28H33ClF2N4O7S2. The number of carbonyl (C=O) groups excluding carboxylic acids is 2. The summed E-state index contributed by atoms with van der Waals surface area (Å²) in [6, 6.07) is 0.652. The Balaban J connectivity index is 1.70. The highest BCUT2D eigenvalue weighted by Gasteiger charge is 2.40. The standard InChI is InChI=1S/C28H33ClF2N4O7S2/c1-15(36)42-18(14-40-2)13-35(44(4,38)39)17-7-5-16(6-8-17)24-21(28(37)41-3)25(19-9-10-20(30)23(31)22(19)29)34-26(33-24)27-32-11-12-43-27/h9-12,16-18,25H,5-8,13-14H2,1-4H3,(H,33,34)/t16?,17?,18-,25?/m1/s1. The molecule has 11 nitrogen and oxygen atoms in total. The molecule has 1 aliphatic carbocycles. The molecule has 0 bridgehead atoms. The first-order valence-corrected chi connectivity index (χ1v) is 16.8. The fraction of sp³-hybridized carbons (Fsp3) is 0.500. The van der Waals surface area contributed by atoms with Crippen molar-refractivity contribution in [3.63, 3.8) is 0 Å². The van der Waals surface area contributed by atoms with E-state index in [2.05, 4.69) is 15.3 Å². The van der Waals surface area contributed by atoms with Gasteiger partial charge in [0, 0.05) is 42.9 Å². The molecule has 2 atom stereocenters. The Morgan fingerprint density at radius 1 is 1.20 bits per heavy atom. The van der Waals surface area contributed by atoms with E-state index in [0.29, 0.717) is 42.2 Å². The zero-order chi connectivity index (χ0) is 32.2. The van der Waals surface area contributed by atoms with Crippen molar-refractivity contribution in [2.45, 2.75) is 50.8 Å². The molecule has 0 spiro atoms. The largest absolute Gasteiger partial charge is 0.466 e. The molecule has 0 radical (unpaired) electrons. The van der Waals surface area contributed by atoms with Crippen molar-refractivity contribution >= 4 is 50.7 Å². The Labute approximate surface area is 263 Å². The third-order valence-corrected chi connectivity index (χ3v) is 9.94. The molecule has 1 fully saturated rings. The monoisotopic (exact) mass is 674 g/mol. The van der Waals surface area contributed by atoms with Crippen LogP contribution in [0.4, 0.5) is 8.78 Å². The Morgan fingerprint density at radius 2 is 1.91 bits per heavy atom. The van der Waals surface area contributed by atoms with E-state index in [0.717, 1.165) is 12.3 Å². The number of methoxy groups -OCH3 is 2. The number of nitrogens with one attached hydrogen (secondary N) is 1. The molecule has 0 amide bonds. The molecule has 240 valence electrons. The van der Waals surface area contributed by atoms with Gasteiger partial charge in [-0.2, -0.15) is 4.31 Å². The molecule has 2 aromatic rings. The number of allylic oxidation sites excluding steroid dienone is 1. The number of hydrogen-bond donors (Lipinski definition) is 1. The van der Waals surface area contributed by atoms with Crippen LogP contribution < -0.4 is 5.32 Å². The molecule has 2 heterocycles. The Bertz CT molecular complexity index is 1540. The predicted molar refractivity (Wildman–Crippen MR) is 160 cm³/mol. The van der Waals surface area contributed by atoms with Crippen LogP contribution in [0.2, 0.25) is 5.02 Å². The molecular weight excluding hydrogens is 642 g/mol. The van der Waals surface area contributed by atoms with Gasteiger partial charge in [-0.05, 0) is 37.7 Å². The Hall–Kier alpha value is -2.98. The highest BCUT2D eigenvalue weighted by molar-refractivity contribution is 7.88. The minimum absolute atomic E-state index is 0.0209. The summed E-state index contributed by atoms with van der Waals surface area (Å²) in [5.74, 6) is -3.66. The smallest absolute Gasteiger partial charge is 0.338 e. The van der Waals surface area contributed by atoms with Crippen molar-refractivity contribution in [1.29, 1.82) is 0 Å². The van der Waals surface area contributed by atoms with E-state index < -0.39 is 56.8 Å². The number of thiazole rings is 1. The summed E-state index contributed by atoms with van der Waals surface area (Å²) in [6.07, 6.45) is 3.62. The first-order chi connectivity index (χ1) is 20.8. The summed E-state index contributed by atoms with van der Waals surface area (Å²) in [4.78, 5) is 33.9. The average molecular weight is 675 g/mol. The topological polar surface area (TPSA) is 136 Å². The number of ether oxygens (including phenoxy) is 3. The normalized spacial score (nSPS) is 21.5. The van der Waals surface area contributed by atoms with Gasteiger partial charge in [0.15, 0.2) is 22.5 Å². The summed E-state index contributed by atoms with van der Waals surface area (Å²) in [5, 5.41) is 4.98. The van der Waals surface area contributed by atoms with Crippen LogP contribution in [0, 0.1) is 17.6 Å². The Kier molecular flexibility index (Phi) is 11.1. The number of esters is 2. The van der Waals surface area contributed by atoms with E-state index in [1.54, 1.807) is 11.6 Å². The summed E-state index contributed by atoms with van der Waals surface area (Å²) in [7, 11) is -1.07. The molecule has 0 saturated heterocycles. The van der Waals surface area contributed by atoms with Crippen LogP contribution in [0.25, 0.3) is 0 Å². The molecule has 1 N–H and O–H groups in total. The lowest BCUT2D eigenvalue weighted by Crippen LogP contribution is -2.48. The number of carbonyl (C=O) groups is 2. The van der Waals surface area contributed by atoms with Gasteiger partial charge in [-0.15, -0.1) is 11.3 Å². The molecule has 2 aliphatic rings. The van der Waals surface area contributed by atoms with Crippen LogP contribution >= 0.6 is 22.9 Å². The van der Waals surface area contributed by atoms with Gasteiger partial charge < -0.3 is 19.5 Å². The van der Waals surface area contributed by atoms with Crippen molar-refractivity contribution in [2.24, 2.45) is 10.9 Å². The van der Waals surface area contributed by atoms with Gasteiger partial charge in [-0.1, -0.05) is 17.7 Å². The Morgan fingerprint density at radius 3 is 2.48 bits per heavy atom. The SMILES string of the molecule is COC[C@@H](CN(C1CCC(C2=C(C(=O)OC)C(c3ccc(F)c(F)c3Cl)N=C(c3nccs3)N2)CC1)S(C)(=O)=O)OC(C)=O. The maximum absolute atomic E-state index is 14.6. The molecule has 4 rings (SSSR count). The molecule has 1 saturated carbocycles. The lowest BCUT2D eigenvalue weighted by molar-refractivity contribution is -0.149. The van der Waals surface area contributed by atoms with Crippen LogP contribution in [0.3, 0.4) is 0 Å². The number of aromatic nitrogens is 1. The van der Waals surface area contributed by atoms with Gasteiger partial charge in [-0.3, -0.25) is 9.79 Å². The van der Waals surface area contributed by atoms with E-state index >= 15 is 0 Å². The van der Waals surface area contributed by atoms with Crippen molar-refractivity contribution in [1.82, 2.24) is 14.6 Å². The zero-order valence-corrected chi connectivity index (χ0v) is 26.9. The number of hydrogen-bond acceptors (Lipinski definition) is 11. The maximum Gasteiger partial charge on any atom is 0.338 e. The van der Waals surface area contributed by atoms with Crippen LogP contribution in [-0.2, 0) is 33.8 Å². The highest BCUT2D eigenvalue weighted by atomic mass is 35.5. The van der Waals surface area contributed by atoms with E-state index in [1.165, 1.54) is 42.9 Å². The molecule has 44 heavy (non-hydrogen) atoms.